The summed E-state index contributed by atoms with van der Waals surface area (Å²) in [6.07, 6.45) is 5.03. The van der Waals surface area contributed by atoms with E-state index in [9.17, 15) is 0 Å². The summed E-state index contributed by atoms with van der Waals surface area (Å²) in [6, 6.07) is 8.56. The molecule has 0 fully saturated rings. The second kappa shape index (κ2) is 3.93. The molecule has 1 aliphatic carbocycles. The molecule has 3 rings (SSSR count). The fourth-order valence-corrected chi connectivity index (χ4v) is 3.62. The molecule has 0 aliphatic heterocycles. The van der Waals surface area contributed by atoms with Gasteiger partial charge in [0.1, 0.15) is 0 Å². The molecule has 2 aromatic rings. The normalized spacial score (nSPS) is 22.7. The summed E-state index contributed by atoms with van der Waals surface area (Å²) >= 11 is 1.76. The monoisotopic (exact) mass is 244 g/mol. The average molecular weight is 244 g/mol. The Labute approximate surface area is 106 Å². The highest BCUT2D eigenvalue weighted by Crippen LogP contribution is 2.37. The van der Waals surface area contributed by atoms with E-state index in [0.29, 0.717) is 0 Å². The van der Waals surface area contributed by atoms with E-state index in [-0.39, 0.29) is 5.54 Å². The van der Waals surface area contributed by atoms with Crippen molar-refractivity contribution in [1.29, 1.82) is 0 Å². The second-order valence-electron chi connectivity index (χ2n) is 4.84. The Morgan fingerprint density at radius 2 is 2.24 bits per heavy atom. The van der Waals surface area contributed by atoms with Crippen molar-refractivity contribution < 1.29 is 0 Å². The van der Waals surface area contributed by atoms with Gasteiger partial charge in [-0.2, -0.15) is 0 Å². The maximum atomic E-state index is 6.59. The summed E-state index contributed by atoms with van der Waals surface area (Å²) in [5.41, 5.74) is 9.14. The number of hydrogen-bond acceptors (Lipinski definition) is 3. The van der Waals surface area contributed by atoms with Gasteiger partial charge in [0.25, 0.3) is 0 Å². The molecule has 0 saturated carbocycles. The van der Waals surface area contributed by atoms with Crippen molar-refractivity contribution in [3.63, 3.8) is 0 Å². The summed E-state index contributed by atoms with van der Waals surface area (Å²) in [5.74, 6) is 0. The van der Waals surface area contributed by atoms with Gasteiger partial charge in [-0.25, -0.2) is 4.98 Å². The first-order chi connectivity index (χ1) is 8.17. The number of hydrogen-bond donors (Lipinski definition) is 1. The molecule has 17 heavy (non-hydrogen) atoms. The fraction of sp³-hybridized carbons (Fsp3) is 0.357. The van der Waals surface area contributed by atoms with Crippen molar-refractivity contribution in [2.45, 2.75) is 31.7 Å². The number of benzene rings is 1. The Hall–Kier alpha value is -1.19. The van der Waals surface area contributed by atoms with E-state index in [1.165, 1.54) is 16.0 Å². The van der Waals surface area contributed by atoms with Crippen LogP contribution in [0.3, 0.4) is 0 Å². The van der Waals surface area contributed by atoms with Crippen molar-refractivity contribution in [2.24, 2.45) is 5.73 Å². The molecule has 1 aromatic carbocycles. The largest absolute Gasteiger partial charge is 0.321 e. The van der Waals surface area contributed by atoms with Gasteiger partial charge in [0.2, 0.25) is 0 Å². The highest BCUT2D eigenvalue weighted by atomic mass is 32.1. The number of nitrogens with two attached hydrogens (primary N) is 1. The van der Waals surface area contributed by atoms with Gasteiger partial charge in [-0.15, -0.1) is 11.3 Å². The minimum atomic E-state index is -0.185. The van der Waals surface area contributed by atoms with Crippen LogP contribution in [-0.2, 0) is 18.4 Å². The van der Waals surface area contributed by atoms with Gasteiger partial charge in [0.05, 0.1) is 5.01 Å². The summed E-state index contributed by atoms with van der Waals surface area (Å²) in [4.78, 5) is 5.60. The van der Waals surface area contributed by atoms with Crippen molar-refractivity contribution in [3.8, 4) is 0 Å². The SMILES string of the molecule is Cc1ncc(CC2(N)CCc3ccccc32)s1. The molecule has 0 radical (unpaired) electrons. The topological polar surface area (TPSA) is 38.9 Å². The third-order valence-electron chi connectivity index (χ3n) is 3.55. The third kappa shape index (κ3) is 1.90. The molecule has 0 amide bonds. The summed E-state index contributed by atoms with van der Waals surface area (Å²) < 4.78 is 0. The predicted molar refractivity (Wildman–Crippen MR) is 71.2 cm³/mol. The van der Waals surface area contributed by atoms with E-state index in [1.807, 2.05) is 13.1 Å². The molecule has 0 bridgehead atoms. The van der Waals surface area contributed by atoms with Crippen LogP contribution in [-0.4, -0.2) is 4.98 Å². The standard InChI is InChI=1S/C14H16N2S/c1-10-16-9-12(17-10)8-14(15)7-6-11-4-2-3-5-13(11)14/h2-5,9H,6-8,15H2,1H3. The van der Waals surface area contributed by atoms with Crippen molar-refractivity contribution in [3.05, 3.63) is 51.5 Å². The summed E-state index contributed by atoms with van der Waals surface area (Å²) in [7, 11) is 0. The van der Waals surface area contributed by atoms with Crippen molar-refractivity contribution in [1.82, 2.24) is 4.98 Å². The number of aromatic nitrogens is 1. The zero-order chi connectivity index (χ0) is 11.9. The van der Waals surface area contributed by atoms with Crippen LogP contribution in [0.15, 0.2) is 30.5 Å². The van der Waals surface area contributed by atoms with Crippen LogP contribution in [0.5, 0.6) is 0 Å². The molecule has 1 unspecified atom stereocenters. The molecule has 0 saturated heterocycles. The molecule has 1 atom stereocenters. The van der Waals surface area contributed by atoms with Crippen LogP contribution in [0.25, 0.3) is 0 Å². The van der Waals surface area contributed by atoms with Gasteiger partial charge in [-0.05, 0) is 30.9 Å². The summed E-state index contributed by atoms with van der Waals surface area (Å²) in [5, 5.41) is 1.12. The number of nitrogens with zero attached hydrogens (tertiary/aromatic N) is 1. The number of aryl methyl sites for hydroxylation is 2. The Balaban J connectivity index is 1.93. The first kappa shape index (κ1) is 10.9. The quantitative estimate of drug-likeness (QED) is 0.882. The lowest BCUT2D eigenvalue weighted by molar-refractivity contribution is 0.442. The molecule has 1 heterocycles. The fourth-order valence-electron chi connectivity index (χ4n) is 2.70. The van der Waals surface area contributed by atoms with E-state index in [1.54, 1.807) is 11.3 Å². The number of thiazole rings is 1. The molecule has 1 aliphatic rings. The zero-order valence-corrected chi connectivity index (χ0v) is 10.8. The van der Waals surface area contributed by atoms with Gasteiger partial charge in [0, 0.05) is 23.0 Å². The third-order valence-corrected chi connectivity index (χ3v) is 4.47. The van der Waals surface area contributed by atoms with Gasteiger partial charge in [0.15, 0.2) is 0 Å². The summed E-state index contributed by atoms with van der Waals surface area (Å²) in [6.45, 7) is 2.04. The highest BCUT2D eigenvalue weighted by molar-refractivity contribution is 7.11. The minimum absolute atomic E-state index is 0.185. The molecule has 3 heteroatoms. The molecule has 2 nitrogen and oxygen atoms in total. The van der Waals surface area contributed by atoms with Gasteiger partial charge >= 0.3 is 0 Å². The Morgan fingerprint density at radius 1 is 1.41 bits per heavy atom. The van der Waals surface area contributed by atoms with E-state index < -0.39 is 0 Å². The van der Waals surface area contributed by atoms with Gasteiger partial charge in [-0.1, -0.05) is 24.3 Å². The molecule has 0 spiro atoms. The molecule has 2 N–H and O–H groups in total. The zero-order valence-electron chi connectivity index (χ0n) is 9.94. The first-order valence-corrected chi connectivity index (χ1v) is 6.78. The molecule has 88 valence electrons. The van der Waals surface area contributed by atoms with Crippen LogP contribution >= 0.6 is 11.3 Å². The second-order valence-corrected chi connectivity index (χ2v) is 6.15. The maximum Gasteiger partial charge on any atom is 0.0896 e. The van der Waals surface area contributed by atoms with Crippen LogP contribution in [0.2, 0.25) is 0 Å². The molecular weight excluding hydrogens is 228 g/mol. The number of fused-ring (bicyclic) bond motifs is 1. The van der Waals surface area contributed by atoms with Crippen LogP contribution < -0.4 is 5.73 Å². The first-order valence-electron chi connectivity index (χ1n) is 5.96. The lowest BCUT2D eigenvalue weighted by Gasteiger charge is -2.24. The van der Waals surface area contributed by atoms with E-state index >= 15 is 0 Å². The molecular formula is C14H16N2S. The van der Waals surface area contributed by atoms with Crippen LogP contribution in [0.4, 0.5) is 0 Å². The van der Waals surface area contributed by atoms with Crippen molar-refractivity contribution in [2.75, 3.05) is 0 Å². The average Bonchev–Trinajstić information content (AvgIpc) is 2.86. The van der Waals surface area contributed by atoms with Gasteiger partial charge < -0.3 is 5.73 Å². The van der Waals surface area contributed by atoms with Crippen LogP contribution in [0.1, 0.15) is 27.4 Å². The Kier molecular flexibility index (Phi) is 2.53. The van der Waals surface area contributed by atoms with Crippen LogP contribution in [0, 0.1) is 6.92 Å². The van der Waals surface area contributed by atoms with Crippen molar-refractivity contribution >= 4 is 11.3 Å². The van der Waals surface area contributed by atoms with E-state index in [4.69, 9.17) is 5.73 Å². The highest BCUT2D eigenvalue weighted by Gasteiger charge is 2.35. The van der Waals surface area contributed by atoms with E-state index in [2.05, 4.69) is 29.2 Å². The number of rotatable bonds is 2. The maximum absolute atomic E-state index is 6.59. The van der Waals surface area contributed by atoms with E-state index in [0.717, 1.165) is 24.3 Å². The Bertz CT molecular complexity index is 547. The lowest BCUT2D eigenvalue weighted by atomic mass is 9.89. The molecule has 1 aromatic heterocycles. The lowest BCUT2D eigenvalue weighted by Crippen LogP contribution is -2.36. The minimum Gasteiger partial charge on any atom is -0.321 e. The predicted octanol–water partition coefficient (Wildman–Crippen LogP) is 2.79. The smallest absolute Gasteiger partial charge is 0.0896 e. The van der Waals surface area contributed by atoms with Gasteiger partial charge in [-0.3, -0.25) is 0 Å². The Morgan fingerprint density at radius 3 is 3.00 bits per heavy atom.